The summed E-state index contributed by atoms with van der Waals surface area (Å²) in [6.45, 7) is -0.420. The fourth-order valence-electron chi connectivity index (χ4n) is 2.45. The summed E-state index contributed by atoms with van der Waals surface area (Å²) in [6.07, 6.45) is -0.347. The van der Waals surface area contributed by atoms with E-state index in [1.807, 2.05) is 5.38 Å². The smallest absolute Gasteiger partial charge is 0.144 e. The van der Waals surface area contributed by atoms with E-state index in [2.05, 4.69) is 9.97 Å². The standard InChI is InChI=1S/C12H13Cl2N3O3S/c13-2-12(3-18)10(19)6(14)8(20-12)5-1-21-9-7(5)16-4-17-11(9)15/h1,4,6,8,10,18-19H,2-3H2,(H2,15,16,17)/t6-,8-,10-,12+/m0/s1. The van der Waals surface area contributed by atoms with E-state index >= 15 is 0 Å². The molecule has 1 saturated heterocycles. The molecule has 3 rings (SSSR count). The minimum Gasteiger partial charge on any atom is -0.393 e. The van der Waals surface area contributed by atoms with Crippen molar-refractivity contribution in [3.63, 3.8) is 0 Å². The van der Waals surface area contributed by atoms with E-state index < -0.39 is 29.8 Å². The maximum Gasteiger partial charge on any atom is 0.144 e. The van der Waals surface area contributed by atoms with Crippen molar-refractivity contribution in [2.24, 2.45) is 0 Å². The van der Waals surface area contributed by atoms with Crippen LogP contribution in [0.2, 0.25) is 0 Å². The van der Waals surface area contributed by atoms with Gasteiger partial charge < -0.3 is 20.7 Å². The fourth-order valence-corrected chi connectivity index (χ4v) is 4.12. The van der Waals surface area contributed by atoms with Crippen LogP contribution in [0.3, 0.4) is 0 Å². The molecule has 0 spiro atoms. The predicted octanol–water partition coefficient (Wildman–Crippen LogP) is 1.28. The van der Waals surface area contributed by atoms with Gasteiger partial charge in [0.05, 0.1) is 28.1 Å². The first-order valence-electron chi connectivity index (χ1n) is 6.18. The Kier molecular flexibility index (Phi) is 3.98. The molecule has 2 aromatic heterocycles. The number of nitrogens with two attached hydrogens (primary N) is 1. The van der Waals surface area contributed by atoms with Gasteiger partial charge in [-0.2, -0.15) is 0 Å². The second kappa shape index (κ2) is 5.49. The zero-order chi connectivity index (χ0) is 15.2. The van der Waals surface area contributed by atoms with Gasteiger partial charge >= 0.3 is 0 Å². The van der Waals surface area contributed by atoms with Gasteiger partial charge in [-0.15, -0.1) is 34.5 Å². The summed E-state index contributed by atoms with van der Waals surface area (Å²) in [6, 6.07) is 0. The number of rotatable bonds is 3. The Morgan fingerprint density at radius 1 is 1.48 bits per heavy atom. The third kappa shape index (κ3) is 2.19. The monoisotopic (exact) mass is 349 g/mol. The van der Waals surface area contributed by atoms with Crippen LogP contribution in [0, 0.1) is 0 Å². The van der Waals surface area contributed by atoms with Crippen molar-refractivity contribution in [2.75, 3.05) is 18.2 Å². The molecule has 0 radical (unpaired) electrons. The topological polar surface area (TPSA) is 101 Å². The minimum absolute atomic E-state index is 0.0659. The molecule has 6 nitrogen and oxygen atoms in total. The van der Waals surface area contributed by atoms with Crippen LogP contribution in [0.15, 0.2) is 11.7 Å². The highest BCUT2D eigenvalue weighted by atomic mass is 35.5. The molecule has 4 atom stereocenters. The van der Waals surface area contributed by atoms with Gasteiger partial charge in [-0.05, 0) is 5.38 Å². The Balaban J connectivity index is 2.06. The lowest BCUT2D eigenvalue weighted by Gasteiger charge is -2.27. The number of aliphatic hydroxyl groups excluding tert-OH is 2. The Labute approximate surface area is 134 Å². The minimum atomic E-state index is -1.27. The van der Waals surface area contributed by atoms with Crippen molar-refractivity contribution < 1.29 is 14.9 Å². The van der Waals surface area contributed by atoms with E-state index in [0.29, 0.717) is 16.9 Å². The molecule has 0 amide bonds. The quantitative estimate of drug-likeness (QED) is 0.721. The van der Waals surface area contributed by atoms with Crippen LogP contribution in [-0.2, 0) is 4.74 Å². The van der Waals surface area contributed by atoms with E-state index in [4.69, 9.17) is 33.7 Å². The second-order valence-electron chi connectivity index (χ2n) is 4.91. The van der Waals surface area contributed by atoms with Crippen molar-refractivity contribution in [1.29, 1.82) is 0 Å². The van der Waals surface area contributed by atoms with Gasteiger partial charge in [0.15, 0.2) is 0 Å². The van der Waals surface area contributed by atoms with Gasteiger partial charge in [-0.3, -0.25) is 0 Å². The van der Waals surface area contributed by atoms with Gasteiger partial charge in [-0.25, -0.2) is 9.97 Å². The number of nitrogen functional groups attached to an aromatic ring is 1. The number of halogens is 2. The zero-order valence-electron chi connectivity index (χ0n) is 10.7. The van der Waals surface area contributed by atoms with Crippen LogP contribution in [0.25, 0.3) is 10.2 Å². The predicted molar refractivity (Wildman–Crippen MR) is 81.8 cm³/mol. The van der Waals surface area contributed by atoms with Crippen molar-refractivity contribution in [2.45, 2.75) is 23.2 Å². The Morgan fingerprint density at radius 3 is 2.86 bits per heavy atom. The lowest BCUT2D eigenvalue weighted by Crippen LogP contribution is -2.47. The summed E-state index contributed by atoms with van der Waals surface area (Å²) >= 11 is 13.5. The molecule has 0 aromatic carbocycles. The van der Waals surface area contributed by atoms with Crippen LogP contribution >= 0.6 is 34.5 Å². The number of hydrogen-bond acceptors (Lipinski definition) is 7. The third-order valence-corrected chi connectivity index (χ3v) is 5.63. The van der Waals surface area contributed by atoms with Crippen LogP contribution in [-0.4, -0.2) is 49.8 Å². The average Bonchev–Trinajstić information content (AvgIpc) is 3.02. The van der Waals surface area contributed by atoms with E-state index in [1.54, 1.807) is 0 Å². The molecule has 0 saturated carbocycles. The number of anilines is 1. The highest BCUT2D eigenvalue weighted by Crippen LogP contribution is 2.46. The molecule has 114 valence electrons. The molecule has 0 unspecified atom stereocenters. The van der Waals surface area contributed by atoms with Crippen molar-refractivity contribution >= 4 is 50.6 Å². The molecular formula is C12H13Cl2N3O3S. The number of thiophene rings is 1. The Morgan fingerprint density at radius 2 is 2.24 bits per heavy atom. The molecule has 1 aliphatic heterocycles. The zero-order valence-corrected chi connectivity index (χ0v) is 13.1. The first kappa shape index (κ1) is 15.2. The van der Waals surface area contributed by atoms with Crippen LogP contribution in [0.5, 0.6) is 0 Å². The van der Waals surface area contributed by atoms with Crippen LogP contribution in [0.4, 0.5) is 5.82 Å². The molecule has 3 heterocycles. The van der Waals surface area contributed by atoms with Crippen LogP contribution < -0.4 is 5.73 Å². The lowest BCUT2D eigenvalue weighted by molar-refractivity contribution is -0.0965. The van der Waals surface area contributed by atoms with Gasteiger partial charge in [-0.1, -0.05) is 0 Å². The van der Waals surface area contributed by atoms with Crippen LogP contribution in [0.1, 0.15) is 11.7 Å². The van der Waals surface area contributed by atoms with Gasteiger partial charge in [0.25, 0.3) is 0 Å². The number of aromatic nitrogens is 2. The van der Waals surface area contributed by atoms with E-state index in [9.17, 15) is 10.2 Å². The van der Waals surface area contributed by atoms with Gasteiger partial charge in [0.2, 0.25) is 0 Å². The number of nitrogens with zero attached hydrogens (tertiary/aromatic N) is 2. The molecule has 21 heavy (non-hydrogen) atoms. The summed E-state index contributed by atoms with van der Waals surface area (Å²) in [5.74, 6) is 0.315. The van der Waals surface area contributed by atoms with Gasteiger partial charge in [0, 0.05) is 5.56 Å². The SMILES string of the molecule is Nc1ncnc2c([C@@H]3O[C@@](CO)(CCl)[C@@H](O)[C@H]3Cl)csc12. The normalized spacial score (nSPS) is 32.9. The molecule has 0 bridgehead atoms. The van der Waals surface area contributed by atoms with Crippen molar-refractivity contribution in [3.8, 4) is 0 Å². The highest BCUT2D eigenvalue weighted by Gasteiger charge is 2.54. The largest absolute Gasteiger partial charge is 0.393 e. The molecule has 0 aliphatic carbocycles. The maximum atomic E-state index is 10.2. The van der Waals surface area contributed by atoms with E-state index in [-0.39, 0.29) is 5.88 Å². The average molecular weight is 350 g/mol. The number of aliphatic hydroxyl groups is 2. The third-order valence-electron chi connectivity index (χ3n) is 3.70. The van der Waals surface area contributed by atoms with Crippen molar-refractivity contribution in [1.82, 2.24) is 9.97 Å². The molecular weight excluding hydrogens is 337 g/mol. The Hall–Kier alpha value is -0.700. The molecule has 1 fully saturated rings. The summed E-state index contributed by atoms with van der Waals surface area (Å²) in [5, 5.41) is 20.8. The van der Waals surface area contributed by atoms with E-state index in [0.717, 1.165) is 4.70 Å². The number of alkyl halides is 2. The Bertz CT molecular complexity index is 664. The summed E-state index contributed by atoms with van der Waals surface area (Å²) in [5.41, 5.74) is 5.89. The number of fused-ring (bicyclic) bond motifs is 1. The number of hydrogen-bond donors (Lipinski definition) is 3. The maximum absolute atomic E-state index is 10.2. The summed E-state index contributed by atoms with van der Waals surface area (Å²) < 4.78 is 6.54. The second-order valence-corrected chi connectivity index (χ2v) is 6.56. The first-order chi connectivity index (χ1) is 10.0. The van der Waals surface area contributed by atoms with Gasteiger partial charge in [0.1, 0.15) is 30.0 Å². The summed E-state index contributed by atoms with van der Waals surface area (Å²) in [4.78, 5) is 8.14. The van der Waals surface area contributed by atoms with E-state index in [1.165, 1.54) is 17.7 Å². The highest BCUT2D eigenvalue weighted by molar-refractivity contribution is 7.18. The molecule has 9 heteroatoms. The lowest BCUT2D eigenvalue weighted by atomic mass is 9.98. The molecule has 1 aliphatic rings. The number of ether oxygens (including phenoxy) is 1. The fraction of sp³-hybridized carbons (Fsp3) is 0.500. The first-order valence-corrected chi connectivity index (χ1v) is 8.03. The molecule has 2 aromatic rings. The summed E-state index contributed by atoms with van der Waals surface area (Å²) in [7, 11) is 0. The molecule has 4 N–H and O–H groups in total. The van der Waals surface area contributed by atoms with Crippen molar-refractivity contribution in [3.05, 3.63) is 17.3 Å².